The lowest BCUT2D eigenvalue weighted by Gasteiger charge is -2.31. The van der Waals surface area contributed by atoms with Crippen LogP contribution in [-0.4, -0.2) is 107 Å². The second kappa shape index (κ2) is 23.7. The van der Waals surface area contributed by atoms with Gasteiger partial charge in [-0.05, 0) is 112 Å². The van der Waals surface area contributed by atoms with Crippen LogP contribution in [0.15, 0.2) is 115 Å². The van der Waals surface area contributed by atoms with Crippen LogP contribution in [0.1, 0.15) is 75.3 Å². The molecule has 27 nitrogen and oxygen atoms in total. The number of aromatic hydroxyl groups is 6. The molecule has 29 heteroatoms. The Labute approximate surface area is 510 Å². The molecular weight excluding hydrogens is 1210 g/mol. The van der Waals surface area contributed by atoms with Crippen molar-refractivity contribution in [3.05, 3.63) is 164 Å². The number of nitrogens with two attached hydrogens (primary N) is 1. The summed E-state index contributed by atoms with van der Waals surface area (Å²) >= 11 is 13.7. The third-order valence-electron chi connectivity index (χ3n) is 14.9. The van der Waals surface area contributed by atoms with E-state index in [1.165, 1.54) is 48.5 Å². The molecule has 6 aliphatic rings. The second-order valence-electron chi connectivity index (χ2n) is 20.8. The molecule has 0 aromatic heterocycles. The number of hydrogen-bond acceptors (Lipinski definition) is 19. The standard InChI is InChI=1S/C60H48Cl2N8O19/c61-33-9-22-1-7-39(33)88-42-16-27-17-43(53(42)78)89-40-8-4-25(14-34(40)62)52(77)51-59(84)69-50(60(85)86)32-19-29(72)20-38(75)45(32)31-13-23(2-5-36(31)73)47(56(81)70-51)67-58(83)49(27)68-57(82)48-26-11-28(71)18-30(12-26)87-41-15-24(3-6-37(41)74)46(65-44(76)21-63)55(80)64-35(10-22)54(79)66-48/h1-9,11-20,35,46-52,71-75,77-78H,10,21,63H2,(H,64,80)(H,65,76)(H,66,79)(H,67,83)(H,68,82)(H,69,84)(H,70,81)(H,85,86)/t35-,46-,47-,48+,49-,50+,51+,52-/m1/s1. The monoisotopic (exact) mass is 1250 g/mol. The number of aliphatic hydroxyl groups excluding tert-OH is 1. The van der Waals surface area contributed by atoms with Crippen molar-refractivity contribution in [3.8, 4) is 80.1 Å². The average Bonchev–Trinajstić information content (AvgIpc) is 0.988. The van der Waals surface area contributed by atoms with Crippen LogP contribution in [0.4, 0.5) is 0 Å². The molecule has 0 aliphatic carbocycles. The van der Waals surface area contributed by atoms with Crippen molar-refractivity contribution < 1.29 is 93.4 Å². The van der Waals surface area contributed by atoms with E-state index in [1.54, 1.807) is 0 Å². The number of carboxylic acids is 1. The molecular formula is C60H48Cl2N8O19. The normalized spacial score (nSPS) is 21.5. The number of benzene rings is 7. The quantitative estimate of drug-likeness (QED) is 0.118. The minimum absolute atomic E-state index is 0.0146. The Morgan fingerprint density at radius 3 is 1.78 bits per heavy atom. The Morgan fingerprint density at radius 1 is 0.528 bits per heavy atom. The molecule has 7 amide bonds. The number of halogens is 2. The molecule has 0 unspecified atom stereocenters. The first-order valence-electron chi connectivity index (χ1n) is 26.7. The van der Waals surface area contributed by atoms with Crippen LogP contribution in [0.3, 0.4) is 0 Å². The summed E-state index contributed by atoms with van der Waals surface area (Å²) in [5.74, 6) is -16.4. The first-order chi connectivity index (χ1) is 42.4. The number of carboxylic acid groups (broad SMARTS) is 1. The summed E-state index contributed by atoms with van der Waals surface area (Å²) in [5.41, 5.74) is 3.32. The zero-order valence-electron chi connectivity index (χ0n) is 45.4. The van der Waals surface area contributed by atoms with Gasteiger partial charge < -0.3 is 98.0 Å². The number of carbonyl (C=O) groups excluding carboxylic acids is 7. The number of ether oxygens (including phenoxy) is 3. The van der Waals surface area contributed by atoms with E-state index in [0.29, 0.717) is 0 Å². The molecule has 17 bridgehead atoms. The van der Waals surface area contributed by atoms with Gasteiger partial charge in [0.05, 0.1) is 16.6 Å². The molecule has 0 spiro atoms. The van der Waals surface area contributed by atoms with Gasteiger partial charge in [0.25, 0.3) is 0 Å². The minimum atomic E-state index is -2.21. The van der Waals surface area contributed by atoms with E-state index in [0.717, 1.165) is 66.7 Å². The van der Waals surface area contributed by atoms with Crippen molar-refractivity contribution in [2.24, 2.45) is 5.73 Å². The van der Waals surface area contributed by atoms with Crippen LogP contribution in [0.5, 0.6) is 69.0 Å². The van der Waals surface area contributed by atoms with Gasteiger partial charge in [-0.3, -0.25) is 33.6 Å². The number of amides is 7. The van der Waals surface area contributed by atoms with Crippen LogP contribution in [-0.2, 0) is 44.8 Å². The van der Waals surface area contributed by atoms with Gasteiger partial charge in [-0.2, -0.15) is 0 Å². The Morgan fingerprint density at radius 2 is 1.11 bits per heavy atom. The Hall–Kier alpha value is -11.0. The number of phenolic OH excluding ortho intramolecular Hbond substituents is 6. The molecule has 0 saturated heterocycles. The van der Waals surface area contributed by atoms with Gasteiger partial charge in [0.1, 0.15) is 82.6 Å². The molecule has 0 radical (unpaired) electrons. The summed E-state index contributed by atoms with van der Waals surface area (Å²) in [6.45, 7) is -0.597. The lowest BCUT2D eigenvalue weighted by molar-refractivity contribution is -0.143. The zero-order chi connectivity index (χ0) is 63.4. The Kier molecular flexibility index (Phi) is 15.9. The maximum absolute atomic E-state index is 15.7. The van der Waals surface area contributed by atoms with Gasteiger partial charge >= 0.3 is 5.97 Å². The fourth-order valence-electron chi connectivity index (χ4n) is 10.6. The fraction of sp³-hybridized carbons (Fsp3) is 0.167. The van der Waals surface area contributed by atoms with E-state index in [9.17, 15) is 60.0 Å². The van der Waals surface area contributed by atoms with Crippen molar-refractivity contribution in [3.63, 3.8) is 0 Å². The van der Waals surface area contributed by atoms with Crippen LogP contribution in [0, 0.1) is 0 Å². The minimum Gasteiger partial charge on any atom is -0.508 e. The van der Waals surface area contributed by atoms with Gasteiger partial charge in [-0.15, -0.1) is 0 Å². The number of rotatable bonds is 3. The number of aliphatic carboxylic acids is 1. The number of aliphatic hydroxyl groups is 1. The lowest BCUT2D eigenvalue weighted by atomic mass is 9.89. The maximum Gasteiger partial charge on any atom is 0.330 e. The topological polar surface area (TPSA) is 436 Å². The molecule has 0 fully saturated rings. The van der Waals surface area contributed by atoms with Gasteiger partial charge in [0, 0.05) is 35.2 Å². The number of carbonyl (C=O) groups is 8. The van der Waals surface area contributed by atoms with E-state index in [4.69, 9.17) is 43.1 Å². The van der Waals surface area contributed by atoms with Crippen LogP contribution in [0.25, 0.3) is 11.1 Å². The number of phenols is 6. The molecule has 17 N–H and O–H groups in total. The number of fused-ring (bicyclic) bond motifs is 14. The van der Waals surface area contributed by atoms with E-state index < -0.39 is 171 Å². The third kappa shape index (κ3) is 11.9. The van der Waals surface area contributed by atoms with E-state index >= 15 is 19.2 Å². The lowest BCUT2D eigenvalue weighted by Crippen LogP contribution is -2.55. The molecule has 89 heavy (non-hydrogen) atoms. The van der Waals surface area contributed by atoms with E-state index in [2.05, 4.69) is 37.2 Å². The van der Waals surface area contributed by atoms with Crippen molar-refractivity contribution >= 4 is 70.5 Å². The summed E-state index contributed by atoms with van der Waals surface area (Å²) in [6, 6.07) is 7.27. The van der Waals surface area contributed by atoms with Gasteiger partial charge in [-0.1, -0.05) is 47.5 Å². The van der Waals surface area contributed by atoms with Crippen LogP contribution < -0.4 is 57.2 Å². The third-order valence-corrected chi connectivity index (χ3v) is 15.5. The van der Waals surface area contributed by atoms with Crippen LogP contribution >= 0.6 is 23.2 Å². The van der Waals surface area contributed by atoms with Crippen molar-refractivity contribution in [2.45, 2.75) is 54.8 Å². The van der Waals surface area contributed by atoms with Crippen LogP contribution in [0.2, 0.25) is 10.0 Å². The highest BCUT2D eigenvalue weighted by Crippen LogP contribution is 2.48. The van der Waals surface area contributed by atoms with Gasteiger partial charge in [-0.25, -0.2) is 4.79 Å². The highest BCUT2D eigenvalue weighted by atomic mass is 35.5. The molecule has 7 aromatic carbocycles. The predicted molar refractivity (Wildman–Crippen MR) is 308 cm³/mol. The molecule has 13 rings (SSSR count). The molecule has 7 aromatic rings. The highest BCUT2D eigenvalue weighted by Gasteiger charge is 2.41. The molecule has 8 atom stereocenters. The molecule has 6 aliphatic heterocycles. The molecule has 6 heterocycles. The summed E-state index contributed by atoms with van der Waals surface area (Å²) in [4.78, 5) is 117. The first-order valence-corrected chi connectivity index (χ1v) is 27.4. The Balaban J connectivity index is 1.14. The molecule has 456 valence electrons. The largest absolute Gasteiger partial charge is 0.508 e. The summed E-state index contributed by atoms with van der Waals surface area (Å²) in [6.07, 6.45) is -2.57. The van der Waals surface area contributed by atoms with Gasteiger partial charge in [0.2, 0.25) is 47.1 Å². The van der Waals surface area contributed by atoms with Gasteiger partial charge in [0.15, 0.2) is 29.0 Å². The summed E-state index contributed by atoms with van der Waals surface area (Å²) < 4.78 is 18.5. The average molecular weight is 1260 g/mol. The Bertz CT molecular complexity index is 4190. The van der Waals surface area contributed by atoms with E-state index in [-0.39, 0.29) is 66.4 Å². The summed E-state index contributed by atoms with van der Waals surface area (Å²) in [7, 11) is 0. The SMILES string of the molecule is NCC(=O)N[C@H]1C(=O)N[C@@H]2Cc3ccc(c(Cl)c3)Oc3cc4cc(c3O)Oc3ccc(cc3Cl)[C@@H](O)[C@@H]3NC(=O)[C@H](NC(=O)[C@@H]4NC(=O)[C@@H](NC2=O)c2cc(O)cc(c2)Oc2cc1ccc2O)c1ccc(O)c(c1)-c1c(O)cc(O)cc1[C@@H](C(=O)O)NC3=O. The number of hydrogen-bond donors (Lipinski definition) is 16. The first kappa shape index (κ1) is 59.7. The highest BCUT2D eigenvalue weighted by molar-refractivity contribution is 6.32. The molecule has 0 saturated carbocycles. The summed E-state index contributed by atoms with van der Waals surface area (Å²) in [5, 5.41) is 108. The van der Waals surface area contributed by atoms with Crippen molar-refractivity contribution in [2.75, 3.05) is 6.54 Å². The zero-order valence-corrected chi connectivity index (χ0v) is 46.9. The number of nitrogens with one attached hydrogen (secondary N) is 7. The van der Waals surface area contributed by atoms with E-state index in [1.807, 2.05) is 0 Å². The fourth-order valence-corrected chi connectivity index (χ4v) is 11.0. The van der Waals surface area contributed by atoms with Crippen molar-refractivity contribution in [1.29, 1.82) is 0 Å². The smallest absolute Gasteiger partial charge is 0.330 e. The maximum atomic E-state index is 15.7. The predicted octanol–water partition coefficient (Wildman–Crippen LogP) is 4.10. The van der Waals surface area contributed by atoms with Crippen molar-refractivity contribution in [1.82, 2.24) is 37.2 Å². The second-order valence-corrected chi connectivity index (χ2v) is 21.6.